The number of rotatable bonds is 45. The highest BCUT2D eigenvalue weighted by molar-refractivity contribution is 5.76. The van der Waals surface area contributed by atoms with E-state index in [0.717, 1.165) is 70.6 Å². The van der Waals surface area contributed by atoms with Gasteiger partial charge < -0.3 is 65.1 Å². The van der Waals surface area contributed by atoms with Crippen LogP contribution in [-0.4, -0.2) is 140 Å². The van der Waals surface area contributed by atoms with Crippen LogP contribution in [0.4, 0.5) is 0 Å². The quantitative estimate of drug-likeness (QED) is 0.0205. The Balaban J connectivity index is 1.82. The van der Waals surface area contributed by atoms with Crippen molar-refractivity contribution in [3.8, 4) is 0 Å². The number of carbonyl (C=O) groups is 1. The van der Waals surface area contributed by atoms with E-state index in [0.29, 0.717) is 12.8 Å². The van der Waals surface area contributed by atoms with Crippen molar-refractivity contribution in [2.24, 2.45) is 0 Å². The Labute approximate surface area is 458 Å². The number of nitrogens with one attached hydrogen (secondary N) is 1. The molecule has 436 valence electrons. The second kappa shape index (κ2) is 46.8. The number of ether oxygens (including phenoxy) is 4. The van der Waals surface area contributed by atoms with Crippen LogP contribution >= 0.6 is 0 Å². The topological polar surface area (TPSA) is 228 Å². The zero-order valence-corrected chi connectivity index (χ0v) is 46.7. The van der Waals surface area contributed by atoms with Crippen LogP contribution in [0.15, 0.2) is 97.2 Å². The molecular formula is C62H105NO13. The molecule has 2 aliphatic rings. The number of amides is 1. The number of carbonyl (C=O) groups excluding carboxylic acids is 1. The molecule has 12 unspecified atom stereocenters. The van der Waals surface area contributed by atoms with Gasteiger partial charge >= 0.3 is 0 Å². The third kappa shape index (κ3) is 32.1. The minimum Gasteiger partial charge on any atom is -0.394 e. The van der Waals surface area contributed by atoms with Crippen LogP contribution in [0.3, 0.4) is 0 Å². The van der Waals surface area contributed by atoms with Crippen LogP contribution in [0.2, 0.25) is 0 Å². The van der Waals surface area contributed by atoms with E-state index in [-0.39, 0.29) is 18.9 Å². The fourth-order valence-corrected chi connectivity index (χ4v) is 9.04. The van der Waals surface area contributed by atoms with Crippen LogP contribution < -0.4 is 5.32 Å². The van der Waals surface area contributed by atoms with Crippen molar-refractivity contribution in [2.75, 3.05) is 19.8 Å². The van der Waals surface area contributed by atoms with Gasteiger partial charge in [0.15, 0.2) is 12.6 Å². The van der Waals surface area contributed by atoms with Crippen LogP contribution in [0.5, 0.6) is 0 Å². The fraction of sp³-hybridized carbons (Fsp3) is 0.726. The van der Waals surface area contributed by atoms with Crippen molar-refractivity contribution in [2.45, 2.75) is 267 Å². The summed E-state index contributed by atoms with van der Waals surface area (Å²) in [6.45, 7) is 2.64. The minimum absolute atomic E-state index is 0.196. The van der Waals surface area contributed by atoms with E-state index in [2.05, 4.69) is 98.2 Å². The summed E-state index contributed by atoms with van der Waals surface area (Å²) in [5, 5.41) is 87.0. The van der Waals surface area contributed by atoms with Gasteiger partial charge in [-0.15, -0.1) is 0 Å². The molecule has 0 bridgehead atoms. The number of aliphatic hydroxyl groups is 8. The Morgan fingerprint density at radius 3 is 1.38 bits per heavy atom. The van der Waals surface area contributed by atoms with Gasteiger partial charge in [0.2, 0.25) is 5.91 Å². The molecule has 2 fully saturated rings. The molecule has 2 aliphatic heterocycles. The lowest BCUT2D eigenvalue weighted by Gasteiger charge is -2.46. The summed E-state index contributed by atoms with van der Waals surface area (Å²) in [5.41, 5.74) is 0. The number of aliphatic hydroxyl groups excluding tert-OH is 8. The van der Waals surface area contributed by atoms with Crippen LogP contribution in [0.25, 0.3) is 0 Å². The molecule has 1 amide bonds. The predicted octanol–water partition coefficient (Wildman–Crippen LogP) is 9.89. The summed E-state index contributed by atoms with van der Waals surface area (Å²) in [6, 6.07) is -0.952. The first kappa shape index (κ1) is 69.0. The molecular weight excluding hydrogens is 967 g/mol. The Bertz CT molecular complexity index is 1640. The van der Waals surface area contributed by atoms with E-state index in [1.807, 2.05) is 12.2 Å². The molecule has 14 nitrogen and oxygen atoms in total. The van der Waals surface area contributed by atoms with Gasteiger partial charge in [-0.2, -0.15) is 0 Å². The number of hydrogen-bond acceptors (Lipinski definition) is 13. The molecule has 12 atom stereocenters. The largest absolute Gasteiger partial charge is 0.394 e. The van der Waals surface area contributed by atoms with Crippen molar-refractivity contribution in [3.63, 3.8) is 0 Å². The number of allylic oxidation sites excluding steroid dienone is 15. The van der Waals surface area contributed by atoms with Crippen LogP contribution in [0, 0.1) is 0 Å². The summed E-state index contributed by atoms with van der Waals surface area (Å²) in [7, 11) is 0. The Morgan fingerprint density at radius 2 is 0.908 bits per heavy atom. The highest BCUT2D eigenvalue weighted by Crippen LogP contribution is 2.30. The molecule has 0 aromatic heterocycles. The second-order valence-corrected chi connectivity index (χ2v) is 20.4. The fourth-order valence-electron chi connectivity index (χ4n) is 9.04. The summed E-state index contributed by atoms with van der Waals surface area (Å²) in [4.78, 5) is 13.2. The molecule has 0 aromatic carbocycles. The van der Waals surface area contributed by atoms with E-state index in [1.54, 1.807) is 6.08 Å². The van der Waals surface area contributed by atoms with Gasteiger partial charge in [0, 0.05) is 6.42 Å². The number of unbranched alkanes of at least 4 members (excludes halogenated alkanes) is 18. The summed E-state index contributed by atoms with van der Waals surface area (Å²) < 4.78 is 22.7. The van der Waals surface area contributed by atoms with E-state index in [9.17, 15) is 45.6 Å². The molecule has 76 heavy (non-hydrogen) atoms. The first-order chi connectivity index (χ1) is 37.1. The second-order valence-electron chi connectivity index (χ2n) is 20.4. The van der Waals surface area contributed by atoms with Gasteiger partial charge in [-0.3, -0.25) is 4.79 Å². The van der Waals surface area contributed by atoms with Gasteiger partial charge in [-0.1, -0.05) is 214 Å². The molecule has 14 heteroatoms. The molecule has 0 spiro atoms. The SMILES string of the molecule is CC/C=C\C/C=C\C/C=C\C/C=C\C/C=C\C/C=C\C/C=C\CCCC(=O)NC(COC1OC(CO)C(OC2OC(CO)C(O)C(O)C2O)C(O)C1O)C(O)/C=C/CCCCCCCCCCCCCCCCCCC. The van der Waals surface area contributed by atoms with E-state index in [1.165, 1.54) is 89.9 Å². The summed E-state index contributed by atoms with van der Waals surface area (Å²) in [6.07, 6.45) is 47.3. The first-order valence-electron chi connectivity index (χ1n) is 29.5. The Morgan fingerprint density at radius 1 is 0.487 bits per heavy atom. The van der Waals surface area contributed by atoms with Crippen molar-refractivity contribution in [1.29, 1.82) is 0 Å². The van der Waals surface area contributed by atoms with Gasteiger partial charge in [0.25, 0.3) is 0 Å². The lowest BCUT2D eigenvalue weighted by Crippen LogP contribution is -2.65. The van der Waals surface area contributed by atoms with Gasteiger partial charge in [-0.25, -0.2) is 0 Å². The molecule has 0 aromatic rings. The third-order valence-corrected chi connectivity index (χ3v) is 13.8. The zero-order valence-electron chi connectivity index (χ0n) is 46.7. The maximum absolute atomic E-state index is 13.2. The van der Waals surface area contributed by atoms with E-state index >= 15 is 0 Å². The number of hydrogen-bond donors (Lipinski definition) is 9. The molecule has 0 aliphatic carbocycles. The van der Waals surface area contributed by atoms with E-state index < -0.39 is 86.8 Å². The van der Waals surface area contributed by atoms with Gasteiger partial charge in [0.1, 0.15) is 48.8 Å². The maximum Gasteiger partial charge on any atom is 0.220 e. The van der Waals surface area contributed by atoms with Crippen molar-refractivity contribution < 1.29 is 64.6 Å². The highest BCUT2D eigenvalue weighted by Gasteiger charge is 2.51. The molecule has 2 heterocycles. The average molecular weight is 1070 g/mol. The molecule has 0 radical (unpaired) electrons. The van der Waals surface area contributed by atoms with Crippen molar-refractivity contribution in [1.82, 2.24) is 5.32 Å². The highest BCUT2D eigenvalue weighted by atomic mass is 16.7. The lowest BCUT2D eigenvalue weighted by molar-refractivity contribution is -0.359. The smallest absolute Gasteiger partial charge is 0.220 e. The third-order valence-electron chi connectivity index (χ3n) is 13.8. The summed E-state index contributed by atoms with van der Waals surface area (Å²) >= 11 is 0. The molecule has 2 rings (SSSR count). The minimum atomic E-state index is -1.80. The van der Waals surface area contributed by atoms with Gasteiger partial charge in [0.05, 0.1) is 32.0 Å². The zero-order chi connectivity index (χ0) is 55.3. The van der Waals surface area contributed by atoms with Crippen molar-refractivity contribution in [3.05, 3.63) is 97.2 Å². The Hall–Kier alpha value is -3.09. The van der Waals surface area contributed by atoms with Crippen LogP contribution in [-0.2, 0) is 23.7 Å². The molecule has 2 saturated heterocycles. The summed E-state index contributed by atoms with van der Waals surface area (Å²) in [5.74, 6) is -0.300. The van der Waals surface area contributed by atoms with Crippen LogP contribution in [0.1, 0.15) is 194 Å². The molecule has 0 saturated carbocycles. The molecule has 9 N–H and O–H groups in total. The average Bonchev–Trinajstić information content (AvgIpc) is 3.42. The first-order valence-corrected chi connectivity index (χ1v) is 29.5. The normalized spacial score (nSPS) is 25.6. The standard InChI is InChI=1S/C62H105NO13/c1-3-5-7-9-11-13-15-17-19-21-23-24-25-26-28-30-32-34-36-38-40-42-44-46-54(67)63-50(51(66)45-43-41-39-37-35-33-31-29-27-22-20-18-16-14-12-10-8-6-4-2)49-73-61-59(72)57(70)60(53(48-65)75-61)76-62-58(71)56(69)55(68)52(47-64)74-62/h5,7,11,13,17,19,23-24,26,28,32,34,38,40,43,45,50-53,55-62,64-66,68-72H,3-4,6,8-10,12,14-16,18,20-22,25,27,29-31,33,35-37,39,41-42,44,46-49H2,1-2H3,(H,63,67)/b7-5-,13-11-,19-17-,24-23-,28-26-,34-32-,40-38-,45-43+. The predicted molar refractivity (Wildman–Crippen MR) is 304 cm³/mol. The Kier molecular flexibility index (Phi) is 42.5. The van der Waals surface area contributed by atoms with E-state index in [4.69, 9.17) is 18.9 Å². The maximum atomic E-state index is 13.2. The lowest BCUT2D eigenvalue weighted by atomic mass is 9.97. The van der Waals surface area contributed by atoms with Gasteiger partial charge in [-0.05, 0) is 70.6 Å². The van der Waals surface area contributed by atoms with Crippen molar-refractivity contribution >= 4 is 5.91 Å². The monoisotopic (exact) mass is 1070 g/mol.